The van der Waals surface area contributed by atoms with Crippen molar-refractivity contribution in [1.29, 1.82) is 0 Å². The third-order valence-electron chi connectivity index (χ3n) is 5.31. The van der Waals surface area contributed by atoms with Crippen molar-refractivity contribution in [1.82, 2.24) is 4.90 Å². The largest absolute Gasteiger partial charge is 0.385 e. The monoisotopic (exact) mass is 473 g/mol. The summed E-state index contributed by atoms with van der Waals surface area (Å²) in [6.07, 6.45) is 0.747. The van der Waals surface area contributed by atoms with Gasteiger partial charge in [-0.15, -0.1) is 0 Å². The van der Waals surface area contributed by atoms with Crippen LogP contribution in [0.4, 0.5) is 11.4 Å². The Balaban J connectivity index is 1.80. The highest BCUT2D eigenvalue weighted by Gasteiger charge is 2.39. The molecule has 0 saturated carbocycles. The van der Waals surface area contributed by atoms with Crippen molar-refractivity contribution in [2.24, 2.45) is 4.99 Å². The van der Waals surface area contributed by atoms with Gasteiger partial charge < -0.3 is 10.1 Å². The minimum absolute atomic E-state index is 0.0575. The predicted molar refractivity (Wildman–Crippen MR) is 132 cm³/mol. The molecule has 1 aliphatic rings. The fraction of sp³-hybridized carbons (Fsp3) is 0.375. The summed E-state index contributed by atoms with van der Waals surface area (Å²) in [5.74, 6) is -0.333. The summed E-state index contributed by atoms with van der Waals surface area (Å²) >= 11 is 7.49. The zero-order valence-electron chi connectivity index (χ0n) is 18.8. The molecule has 0 aliphatic carbocycles. The van der Waals surface area contributed by atoms with Crippen LogP contribution in [0.1, 0.15) is 29.5 Å². The van der Waals surface area contributed by atoms with Gasteiger partial charge in [-0.1, -0.05) is 47.6 Å². The number of amides is 2. The highest BCUT2D eigenvalue weighted by Crippen LogP contribution is 2.34. The first-order chi connectivity index (χ1) is 15.3. The fourth-order valence-electron chi connectivity index (χ4n) is 3.49. The lowest BCUT2D eigenvalue weighted by Crippen LogP contribution is -2.34. The van der Waals surface area contributed by atoms with E-state index in [1.54, 1.807) is 30.2 Å². The number of hydrogen-bond acceptors (Lipinski definition) is 5. The van der Waals surface area contributed by atoms with Gasteiger partial charge in [0.15, 0.2) is 5.17 Å². The minimum Gasteiger partial charge on any atom is -0.385 e. The van der Waals surface area contributed by atoms with Crippen molar-refractivity contribution in [2.75, 3.05) is 25.6 Å². The molecule has 0 spiro atoms. The lowest BCUT2D eigenvalue weighted by Gasteiger charge is -2.17. The molecule has 2 aromatic rings. The Morgan fingerprint density at radius 2 is 1.88 bits per heavy atom. The predicted octanol–water partition coefficient (Wildman–Crippen LogP) is 5.26. The van der Waals surface area contributed by atoms with E-state index in [0.29, 0.717) is 35.5 Å². The molecule has 1 fully saturated rings. The van der Waals surface area contributed by atoms with Crippen LogP contribution in [0.3, 0.4) is 0 Å². The number of carbonyl (C=O) groups is 2. The van der Waals surface area contributed by atoms with Gasteiger partial charge in [-0.2, -0.15) is 0 Å². The van der Waals surface area contributed by atoms with Crippen molar-refractivity contribution >= 4 is 51.7 Å². The number of nitrogens with one attached hydrogen (secondary N) is 1. The maximum Gasteiger partial charge on any atom is 0.242 e. The molecule has 8 heteroatoms. The number of nitrogens with zero attached hydrogens (tertiary/aromatic N) is 2. The van der Waals surface area contributed by atoms with Crippen LogP contribution >= 0.6 is 23.4 Å². The van der Waals surface area contributed by atoms with E-state index < -0.39 is 5.25 Å². The molecule has 2 aromatic carbocycles. The van der Waals surface area contributed by atoms with Gasteiger partial charge in [-0.3, -0.25) is 14.5 Å². The minimum atomic E-state index is -0.528. The topological polar surface area (TPSA) is 71.0 Å². The lowest BCUT2D eigenvalue weighted by molar-refractivity contribution is -0.128. The molecule has 3 rings (SSSR count). The molecule has 170 valence electrons. The number of thioether (sulfide) groups is 1. The van der Waals surface area contributed by atoms with Gasteiger partial charge in [0.1, 0.15) is 5.25 Å². The number of ether oxygens (including phenoxy) is 1. The van der Waals surface area contributed by atoms with Gasteiger partial charge in [0.25, 0.3) is 0 Å². The Labute approximate surface area is 198 Å². The molecule has 1 aliphatic heterocycles. The molecule has 0 bridgehead atoms. The van der Waals surface area contributed by atoms with E-state index in [2.05, 4.69) is 5.32 Å². The summed E-state index contributed by atoms with van der Waals surface area (Å²) in [7, 11) is 1.64. The third-order valence-corrected chi connectivity index (χ3v) is 6.89. The van der Waals surface area contributed by atoms with Gasteiger partial charge >= 0.3 is 0 Å². The van der Waals surface area contributed by atoms with Crippen LogP contribution in [0.5, 0.6) is 0 Å². The number of para-hydroxylation sites is 1. The quantitative estimate of drug-likeness (QED) is 0.530. The molecule has 1 unspecified atom stereocenters. The lowest BCUT2D eigenvalue weighted by atomic mass is 10.1. The van der Waals surface area contributed by atoms with Crippen LogP contribution < -0.4 is 5.32 Å². The molecular weight excluding hydrogens is 446 g/mol. The molecule has 6 nitrogen and oxygen atoms in total. The normalized spacial score (nSPS) is 17.3. The first-order valence-electron chi connectivity index (χ1n) is 10.5. The van der Waals surface area contributed by atoms with Gasteiger partial charge in [0.05, 0.1) is 5.69 Å². The fourth-order valence-corrected chi connectivity index (χ4v) is 4.83. The first-order valence-corrected chi connectivity index (χ1v) is 11.7. The standard InChI is InChI=1S/C24H28ClN3O3S/c1-15-8-5-9-16(2)22(15)27-24-28(12-7-13-31-4)23(30)20(32-24)14-21(29)26-19-11-6-10-18(25)17(19)3/h5-6,8-11,20H,7,12-14H2,1-4H3,(H,26,29). The molecule has 1 saturated heterocycles. The number of amidine groups is 1. The molecule has 1 heterocycles. The summed E-state index contributed by atoms with van der Waals surface area (Å²) in [6.45, 7) is 6.89. The van der Waals surface area contributed by atoms with E-state index >= 15 is 0 Å². The Bertz CT molecular complexity index is 1020. The van der Waals surface area contributed by atoms with E-state index in [4.69, 9.17) is 21.3 Å². The SMILES string of the molecule is COCCCN1C(=O)C(CC(=O)Nc2cccc(Cl)c2C)SC1=Nc1c(C)cccc1C. The second-order valence-electron chi connectivity index (χ2n) is 7.74. The molecule has 32 heavy (non-hydrogen) atoms. The Morgan fingerprint density at radius 1 is 1.19 bits per heavy atom. The van der Waals surface area contributed by atoms with Crippen molar-refractivity contribution in [3.8, 4) is 0 Å². The molecule has 1 atom stereocenters. The number of anilines is 1. The van der Waals surface area contributed by atoms with Crippen LogP contribution in [0.15, 0.2) is 41.4 Å². The van der Waals surface area contributed by atoms with Crippen molar-refractivity contribution in [2.45, 2.75) is 38.9 Å². The Morgan fingerprint density at radius 3 is 2.56 bits per heavy atom. The number of hydrogen-bond donors (Lipinski definition) is 1. The van der Waals surface area contributed by atoms with Crippen LogP contribution in [0.25, 0.3) is 0 Å². The second-order valence-corrected chi connectivity index (χ2v) is 9.32. The molecule has 0 aromatic heterocycles. The second kappa shape index (κ2) is 11.0. The van der Waals surface area contributed by atoms with Crippen LogP contribution in [-0.4, -0.2) is 47.4 Å². The number of aryl methyl sites for hydroxylation is 2. The van der Waals surface area contributed by atoms with Crippen LogP contribution in [0.2, 0.25) is 5.02 Å². The Kier molecular flexibility index (Phi) is 8.34. The van der Waals surface area contributed by atoms with E-state index in [9.17, 15) is 9.59 Å². The summed E-state index contributed by atoms with van der Waals surface area (Å²) in [5.41, 5.74) is 4.39. The summed E-state index contributed by atoms with van der Waals surface area (Å²) in [4.78, 5) is 32.4. The number of benzene rings is 2. The highest BCUT2D eigenvalue weighted by atomic mass is 35.5. The maximum atomic E-state index is 13.2. The summed E-state index contributed by atoms with van der Waals surface area (Å²) in [6, 6.07) is 11.4. The van der Waals surface area contributed by atoms with Crippen molar-refractivity contribution in [3.05, 3.63) is 58.1 Å². The van der Waals surface area contributed by atoms with Gasteiger partial charge in [-0.25, -0.2) is 4.99 Å². The average Bonchev–Trinajstić information content (AvgIpc) is 3.03. The zero-order chi connectivity index (χ0) is 23.3. The van der Waals surface area contributed by atoms with E-state index in [0.717, 1.165) is 22.4 Å². The average molecular weight is 474 g/mol. The van der Waals surface area contributed by atoms with Crippen LogP contribution in [-0.2, 0) is 14.3 Å². The van der Waals surface area contributed by atoms with Crippen molar-refractivity contribution in [3.63, 3.8) is 0 Å². The summed E-state index contributed by atoms with van der Waals surface area (Å²) < 4.78 is 5.15. The van der Waals surface area contributed by atoms with E-state index in [-0.39, 0.29) is 18.2 Å². The molecule has 1 N–H and O–H groups in total. The van der Waals surface area contributed by atoms with E-state index in [1.807, 2.05) is 39.0 Å². The summed E-state index contributed by atoms with van der Waals surface area (Å²) in [5, 5.41) is 3.56. The number of methoxy groups -OCH3 is 1. The zero-order valence-corrected chi connectivity index (χ0v) is 20.3. The Hall–Kier alpha value is -2.35. The van der Waals surface area contributed by atoms with E-state index in [1.165, 1.54) is 11.8 Å². The molecule has 2 amide bonds. The van der Waals surface area contributed by atoms with Crippen molar-refractivity contribution < 1.29 is 14.3 Å². The smallest absolute Gasteiger partial charge is 0.242 e. The number of rotatable bonds is 8. The van der Waals surface area contributed by atoms with Gasteiger partial charge in [0, 0.05) is 37.4 Å². The first kappa shape index (κ1) is 24.3. The number of aliphatic imine (C=N–C) groups is 1. The molecule has 0 radical (unpaired) electrons. The highest BCUT2D eigenvalue weighted by molar-refractivity contribution is 8.15. The number of carbonyl (C=O) groups excluding carboxylic acids is 2. The maximum absolute atomic E-state index is 13.2. The van der Waals surface area contributed by atoms with Gasteiger partial charge in [0.2, 0.25) is 11.8 Å². The number of halogens is 1. The van der Waals surface area contributed by atoms with Gasteiger partial charge in [-0.05, 0) is 56.0 Å². The van der Waals surface area contributed by atoms with Crippen LogP contribution in [0, 0.1) is 20.8 Å². The molecular formula is C24H28ClN3O3S. The third kappa shape index (κ3) is 5.71.